The summed E-state index contributed by atoms with van der Waals surface area (Å²) < 4.78 is 25.8. The van der Waals surface area contributed by atoms with Crippen molar-refractivity contribution >= 4 is 0 Å². The van der Waals surface area contributed by atoms with Gasteiger partial charge in [0.05, 0.1) is 12.9 Å². The van der Waals surface area contributed by atoms with Gasteiger partial charge in [-0.2, -0.15) is 0 Å². The molecule has 0 saturated heterocycles. The van der Waals surface area contributed by atoms with E-state index < -0.39 is 18.0 Å². The monoisotopic (exact) mass is 739 g/mol. The Bertz CT molecular complexity index is 735. The molecule has 0 aliphatic carbocycles. The highest BCUT2D eigenvalue weighted by atomic mass is 16.7. The minimum Gasteiger partial charge on any atom is -0.499 e. The maximum absolute atomic E-state index is 10.9. The molecule has 2 atom stereocenters. The van der Waals surface area contributed by atoms with E-state index in [-0.39, 0.29) is 13.2 Å². The molecule has 0 rings (SSSR count). The second-order valence-electron chi connectivity index (χ2n) is 18.4. The van der Waals surface area contributed by atoms with E-state index in [0.29, 0.717) is 24.0 Å². The molecule has 0 fully saturated rings. The maximum Gasteiger partial charge on any atom is 0.186 e. The number of rotatable bonds is 38. The molecular weight excluding hydrogens is 645 g/mol. The predicted octanol–water partition coefficient (Wildman–Crippen LogP) is 14.7. The normalized spacial score (nSPS) is 14.4. The van der Waals surface area contributed by atoms with Crippen LogP contribution < -0.4 is 0 Å². The highest BCUT2D eigenvalue weighted by Gasteiger charge is 2.41. The standard InChI is InChI=1S/C47H94O5/c1-10-13-15-16-19-26-31-37-47(34-12-3,52-42-43(48)41-49-38-14-11-2)44(50-39-32-27-22-17-20-24-29-35-45(4,5)6)51-40-33-28-23-18-21-25-30-36-46(7,8)9/h14,38,43-44,48H,10-13,15-37,39-42H2,1-9H3. The zero-order valence-corrected chi connectivity index (χ0v) is 36.8. The molecule has 1 N–H and O–H groups in total. The summed E-state index contributed by atoms with van der Waals surface area (Å²) in [5.41, 5.74) is 0.328. The first-order valence-electron chi connectivity index (χ1n) is 22.7. The molecule has 0 bridgehead atoms. The van der Waals surface area contributed by atoms with E-state index in [9.17, 15) is 5.11 Å². The highest BCUT2D eigenvalue weighted by molar-refractivity contribution is 4.86. The summed E-state index contributed by atoms with van der Waals surface area (Å²) in [5, 5.41) is 10.9. The summed E-state index contributed by atoms with van der Waals surface area (Å²) in [5.74, 6) is 0. The molecule has 5 heteroatoms. The lowest BCUT2D eigenvalue weighted by molar-refractivity contribution is -0.266. The van der Waals surface area contributed by atoms with Gasteiger partial charge < -0.3 is 24.1 Å². The fourth-order valence-corrected chi connectivity index (χ4v) is 7.03. The molecule has 0 radical (unpaired) electrons. The Balaban J connectivity index is 5.38. The van der Waals surface area contributed by atoms with Gasteiger partial charge in [-0.05, 0) is 55.8 Å². The molecule has 0 saturated carbocycles. The van der Waals surface area contributed by atoms with E-state index in [1.165, 1.54) is 128 Å². The largest absolute Gasteiger partial charge is 0.499 e. The lowest BCUT2D eigenvalue weighted by atomic mass is 9.89. The van der Waals surface area contributed by atoms with Gasteiger partial charge in [0.25, 0.3) is 0 Å². The van der Waals surface area contributed by atoms with Crippen LogP contribution in [0.25, 0.3) is 0 Å². The van der Waals surface area contributed by atoms with Gasteiger partial charge in [-0.15, -0.1) is 0 Å². The van der Waals surface area contributed by atoms with Crippen LogP contribution in [-0.2, 0) is 18.9 Å². The molecular formula is C47H94O5. The van der Waals surface area contributed by atoms with Crippen molar-refractivity contribution < 1.29 is 24.1 Å². The number of aliphatic hydroxyl groups excluding tert-OH is 1. The first-order chi connectivity index (χ1) is 24.9. The summed E-state index contributed by atoms with van der Waals surface area (Å²) in [6.45, 7) is 22.5. The van der Waals surface area contributed by atoms with E-state index in [2.05, 4.69) is 62.3 Å². The van der Waals surface area contributed by atoms with Gasteiger partial charge in [0.2, 0.25) is 0 Å². The number of aliphatic hydroxyl groups is 1. The van der Waals surface area contributed by atoms with Crippen LogP contribution in [0.15, 0.2) is 12.3 Å². The van der Waals surface area contributed by atoms with Crippen LogP contribution in [0.2, 0.25) is 0 Å². The third kappa shape index (κ3) is 32.8. The summed E-state index contributed by atoms with van der Waals surface area (Å²) in [6.07, 6.45) is 35.4. The molecule has 0 heterocycles. The Labute approximate surface area is 326 Å². The second kappa shape index (κ2) is 33.7. The van der Waals surface area contributed by atoms with E-state index in [1.807, 2.05) is 6.08 Å². The van der Waals surface area contributed by atoms with Crippen molar-refractivity contribution in [2.24, 2.45) is 10.8 Å². The highest BCUT2D eigenvalue weighted by Crippen LogP contribution is 2.33. The van der Waals surface area contributed by atoms with Crippen molar-refractivity contribution in [3.63, 3.8) is 0 Å². The Morgan fingerprint density at radius 2 is 0.904 bits per heavy atom. The summed E-state index contributed by atoms with van der Waals surface area (Å²) in [7, 11) is 0. The molecule has 0 aromatic carbocycles. The minimum atomic E-state index is -0.695. The number of ether oxygens (including phenoxy) is 4. The molecule has 0 aliphatic rings. The molecule has 312 valence electrons. The summed E-state index contributed by atoms with van der Waals surface area (Å²) in [4.78, 5) is 0. The molecule has 0 aliphatic heterocycles. The van der Waals surface area contributed by atoms with Crippen LogP contribution in [0.3, 0.4) is 0 Å². The number of unbranched alkanes of at least 4 members (excludes halogenated alkanes) is 18. The van der Waals surface area contributed by atoms with Gasteiger partial charge in [-0.1, -0.05) is 197 Å². The number of allylic oxidation sites excluding steroid dienone is 1. The third-order valence-electron chi connectivity index (χ3n) is 10.3. The van der Waals surface area contributed by atoms with Gasteiger partial charge in [0, 0.05) is 13.2 Å². The lowest BCUT2D eigenvalue weighted by Crippen LogP contribution is -2.50. The maximum atomic E-state index is 10.9. The van der Waals surface area contributed by atoms with Crippen LogP contribution >= 0.6 is 0 Å². The van der Waals surface area contributed by atoms with Crippen molar-refractivity contribution in [1.82, 2.24) is 0 Å². The molecule has 52 heavy (non-hydrogen) atoms. The minimum absolute atomic E-state index is 0.226. The van der Waals surface area contributed by atoms with Crippen molar-refractivity contribution in [2.45, 2.75) is 254 Å². The quantitative estimate of drug-likeness (QED) is 0.0388. The van der Waals surface area contributed by atoms with E-state index in [0.717, 1.165) is 44.9 Å². The molecule has 0 spiro atoms. The summed E-state index contributed by atoms with van der Waals surface area (Å²) >= 11 is 0. The Hall–Kier alpha value is -0.620. The van der Waals surface area contributed by atoms with E-state index >= 15 is 0 Å². The number of hydrogen-bond acceptors (Lipinski definition) is 5. The van der Waals surface area contributed by atoms with Gasteiger partial charge >= 0.3 is 0 Å². The first-order valence-corrected chi connectivity index (χ1v) is 22.7. The zero-order chi connectivity index (χ0) is 38.8. The first kappa shape index (κ1) is 51.4. The number of hydrogen-bond donors (Lipinski definition) is 1. The van der Waals surface area contributed by atoms with Crippen molar-refractivity contribution in [2.75, 3.05) is 26.4 Å². The van der Waals surface area contributed by atoms with Crippen molar-refractivity contribution in [3.05, 3.63) is 12.3 Å². The zero-order valence-electron chi connectivity index (χ0n) is 36.8. The van der Waals surface area contributed by atoms with Crippen LogP contribution in [0.4, 0.5) is 0 Å². The van der Waals surface area contributed by atoms with Crippen LogP contribution in [0, 0.1) is 10.8 Å². The Morgan fingerprint density at radius 1 is 0.481 bits per heavy atom. The fourth-order valence-electron chi connectivity index (χ4n) is 7.03. The van der Waals surface area contributed by atoms with Crippen LogP contribution in [0.5, 0.6) is 0 Å². The molecule has 0 aromatic heterocycles. The topological polar surface area (TPSA) is 57.2 Å². The van der Waals surface area contributed by atoms with Gasteiger partial charge in [-0.3, -0.25) is 0 Å². The Morgan fingerprint density at radius 3 is 1.33 bits per heavy atom. The predicted molar refractivity (Wildman–Crippen MR) is 226 cm³/mol. The van der Waals surface area contributed by atoms with Gasteiger partial charge in [0.1, 0.15) is 18.3 Å². The second-order valence-corrected chi connectivity index (χ2v) is 18.4. The molecule has 0 amide bonds. The Kier molecular flexibility index (Phi) is 33.3. The van der Waals surface area contributed by atoms with Crippen LogP contribution in [-0.4, -0.2) is 49.5 Å². The lowest BCUT2D eigenvalue weighted by Gasteiger charge is -2.41. The average molecular weight is 739 g/mol. The van der Waals surface area contributed by atoms with E-state index in [4.69, 9.17) is 18.9 Å². The summed E-state index contributed by atoms with van der Waals surface area (Å²) in [6, 6.07) is 0. The molecule has 2 unspecified atom stereocenters. The van der Waals surface area contributed by atoms with Gasteiger partial charge in [0.15, 0.2) is 6.29 Å². The average Bonchev–Trinajstić information content (AvgIpc) is 3.08. The smallest absolute Gasteiger partial charge is 0.186 e. The SMILES string of the molecule is CCC=COCC(O)COC(CCC)(CCCCCCCCC)C(OCCCCCCCCCC(C)(C)C)OCCCCCCCCCC(C)(C)C. The van der Waals surface area contributed by atoms with E-state index in [1.54, 1.807) is 6.26 Å². The van der Waals surface area contributed by atoms with Crippen LogP contribution in [0.1, 0.15) is 236 Å². The van der Waals surface area contributed by atoms with Crippen molar-refractivity contribution in [1.29, 1.82) is 0 Å². The third-order valence-corrected chi connectivity index (χ3v) is 10.3. The van der Waals surface area contributed by atoms with Crippen molar-refractivity contribution in [3.8, 4) is 0 Å². The van der Waals surface area contributed by atoms with Gasteiger partial charge in [-0.25, -0.2) is 0 Å². The fraction of sp³-hybridized carbons (Fsp3) is 0.957. The molecule has 0 aromatic rings. The molecule has 5 nitrogen and oxygen atoms in total.